The van der Waals surface area contributed by atoms with Crippen LogP contribution in [0.2, 0.25) is 0 Å². The van der Waals surface area contributed by atoms with Gasteiger partial charge in [-0.15, -0.1) is 0 Å². The Morgan fingerprint density at radius 2 is 1.30 bits per heavy atom. The van der Waals surface area contributed by atoms with E-state index in [1.165, 1.54) is 23.6 Å². The highest BCUT2D eigenvalue weighted by Crippen LogP contribution is 2.46. The molecule has 0 atom stereocenters. The zero-order valence-electron chi connectivity index (χ0n) is 18.7. The van der Waals surface area contributed by atoms with Gasteiger partial charge in [-0.2, -0.15) is 0 Å². The van der Waals surface area contributed by atoms with Crippen LogP contribution >= 0.6 is 0 Å². The molecule has 0 saturated heterocycles. The summed E-state index contributed by atoms with van der Waals surface area (Å²) >= 11 is 0. The lowest BCUT2D eigenvalue weighted by Crippen LogP contribution is -2.40. The zero-order chi connectivity index (χ0) is 20.9. The molecule has 0 heterocycles. The molecule has 4 heteroatoms. The fourth-order valence-corrected chi connectivity index (χ4v) is 3.67. The summed E-state index contributed by atoms with van der Waals surface area (Å²) in [7, 11) is 4.02. The van der Waals surface area contributed by atoms with Gasteiger partial charge in [-0.05, 0) is 67.7 Å². The van der Waals surface area contributed by atoms with Crippen molar-refractivity contribution in [2.24, 2.45) is 5.41 Å². The van der Waals surface area contributed by atoms with Gasteiger partial charge in [-0.3, -0.25) is 9.59 Å². The van der Waals surface area contributed by atoms with E-state index in [4.69, 9.17) is 0 Å². The van der Waals surface area contributed by atoms with Gasteiger partial charge in [0.25, 0.3) is 0 Å². The van der Waals surface area contributed by atoms with Crippen LogP contribution in [0.4, 0.5) is 0 Å². The van der Waals surface area contributed by atoms with E-state index >= 15 is 0 Å². The molecule has 0 aliphatic heterocycles. The SMILES string of the molecule is BC1=C(C(C)=O)C(=O)C(CC=C(C)C)(CC=C(C)C)C(B)=C1CC=C(C)C. The molecule has 0 N–H and O–H groups in total. The van der Waals surface area contributed by atoms with Crippen molar-refractivity contribution in [3.63, 3.8) is 0 Å². The van der Waals surface area contributed by atoms with E-state index in [0.717, 1.165) is 22.9 Å². The minimum absolute atomic E-state index is 0.0130. The lowest BCUT2D eigenvalue weighted by Gasteiger charge is -2.39. The summed E-state index contributed by atoms with van der Waals surface area (Å²) in [6, 6.07) is 0. The summed E-state index contributed by atoms with van der Waals surface area (Å²) in [4.78, 5) is 26.1. The van der Waals surface area contributed by atoms with E-state index in [9.17, 15) is 9.59 Å². The third kappa shape index (κ3) is 5.34. The largest absolute Gasteiger partial charge is 0.294 e. The Morgan fingerprint density at radius 1 is 0.852 bits per heavy atom. The molecule has 0 fully saturated rings. The van der Waals surface area contributed by atoms with Crippen LogP contribution in [0.25, 0.3) is 0 Å². The summed E-state index contributed by atoms with van der Waals surface area (Å²) in [5.74, 6) is -0.139. The number of allylic oxidation sites excluding steroid dienone is 10. The van der Waals surface area contributed by atoms with E-state index in [1.807, 2.05) is 7.85 Å². The minimum atomic E-state index is -0.667. The highest BCUT2D eigenvalue weighted by Gasteiger charge is 2.45. The number of hydrogen-bond acceptors (Lipinski definition) is 2. The molecule has 0 aromatic heterocycles. The number of carbonyl (C=O) groups excluding carboxylic acids is 2. The molecule has 27 heavy (non-hydrogen) atoms. The molecular formula is C23H34B2O2. The number of rotatable bonds is 7. The van der Waals surface area contributed by atoms with Crippen molar-refractivity contribution >= 4 is 27.3 Å². The summed E-state index contributed by atoms with van der Waals surface area (Å²) in [5.41, 5.74) is 6.45. The lowest BCUT2D eigenvalue weighted by molar-refractivity contribution is -0.125. The molecular weight excluding hydrogens is 330 g/mol. The van der Waals surface area contributed by atoms with Gasteiger partial charge in [-0.25, -0.2) is 0 Å². The number of ketones is 2. The van der Waals surface area contributed by atoms with E-state index in [-0.39, 0.29) is 11.6 Å². The highest BCUT2D eigenvalue weighted by molar-refractivity contribution is 6.40. The van der Waals surface area contributed by atoms with E-state index in [2.05, 4.69) is 67.6 Å². The van der Waals surface area contributed by atoms with Gasteiger partial charge in [0.1, 0.15) is 15.7 Å². The van der Waals surface area contributed by atoms with Crippen LogP contribution in [0, 0.1) is 5.41 Å². The second kappa shape index (κ2) is 9.39. The molecule has 144 valence electrons. The highest BCUT2D eigenvalue weighted by atomic mass is 16.1. The summed E-state index contributed by atoms with van der Waals surface area (Å²) in [6.45, 7) is 13.9. The molecule has 0 aromatic carbocycles. The molecule has 2 nitrogen and oxygen atoms in total. The topological polar surface area (TPSA) is 34.1 Å². The second-order valence-electron chi connectivity index (χ2n) is 8.53. The molecule has 0 bridgehead atoms. The maximum atomic E-state index is 13.6. The van der Waals surface area contributed by atoms with Crippen LogP contribution in [0.1, 0.15) is 67.7 Å². The Labute approximate surface area is 167 Å². The predicted molar refractivity (Wildman–Crippen MR) is 121 cm³/mol. The van der Waals surface area contributed by atoms with Crippen molar-refractivity contribution < 1.29 is 9.59 Å². The average Bonchev–Trinajstić information content (AvgIpc) is 2.53. The van der Waals surface area contributed by atoms with Gasteiger partial charge < -0.3 is 0 Å². The maximum absolute atomic E-state index is 13.6. The first kappa shape index (κ1) is 23.2. The molecule has 0 amide bonds. The van der Waals surface area contributed by atoms with Gasteiger partial charge in [0.05, 0.1) is 11.0 Å². The van der Waals surface area contributed by atoms with E-state index in [0.29, 0.717) is 18.4 Å². The van der Waals surface area contributed by atoms with Gasteiger partial charge in [0, 0.05) is 0 Å². The quantitative estimate of drug-likeness (QED) is 0.389. The molecule has 1 aliphatic carbocycles. The van der Waals surface area contributed by atoms with Crippen molar-refractivity contribution in [2.75, 3.05) is 0 Å². The van der Waals surface area contributed by atoms with Crippen LogP contribution in [-0.4, -0.2) is 27.3 Å². The van der Waals surface area contributed by atoms with E-state index in [1.54, 1.807) is 0 Å². The lowest BCUT2D eigenvalue weighted by atomic mass is 9.54. The fourth-order valence-electron chi connectivity index (χ4n) is 3.67. The van der Waals surface area contributed by atoms with Crippen LogP contribution in [0.5, 0.6) is 0 Å². The Hall–Kier alpha value is -1.83. The third-order valence-electron chi connectivity index (χ3n) is 5.44. The standard InChI is InChI=1S/C23H34B2O2/c1-14(2)8-9-18-20(24)19(17(7)26)22(27)23(21(18)25,12-10-15(3)4)13-11-16(5)6/h8,10-11H,9,12-13,24-25H2,1-7H3. The van der Waals surface area contributed by atoms with Crippen molar-refractivity contribution in [1.29, 1.82) is 0 Å². The Morgan fingerprint density at radius 3 is 1.67 bits per heavy atom. The second-order valence-corrected chi connectivity index (χ2v) is 8.53. The normalized spacial score (nSPS) is 16.2. The molecule has 1 rings (SSSR count). The van der Waals surface area contributed by atoms with Crippen LogP contribution in [0.3, 0.4) is 0 Å². The first-order chi connectivity index (χ1) is 12.4. The Balaban J connectivity index is 3.78. The Bertz CT molecular complexity index is 757. The van der Waals surface area contributed by atoms with Gasteiger partial charge in [0.15, 0.2) is 11.6 Å². The molecule has 0 saturated carbocycles. The molecule has 1 aliphatic rings. The molecule has 0 spiro atoms. The Kier molecular flexibility index (Phi) is 8.07. The number of Topliss-reactive ketones (excluding diaryl/α,β-unsaturated/α-hetero) is 2. The van der Waals surface area contributed by atoms with Crippen molar-refractivity contribution in [3.8, 4) is 0 Å². The van der Waals surface area contributed by atoms with Crippen LogP contribution < -0.4 is 0 Å². The molecule has 0 unspecified atom stereocenters. The number of carbonyl (C=O) groups is 2. The smallest absolute Gasteiger partial charge is 0.175 e. The molecule has 0 aromatic rings. The van der Waals surface area contributed by atoms with Crippen LogP contribution in [0.15, 0.2) is 57.0 Å². The van der Waals surface area contributed by atoms with Crippen molar-refractivity contribution in [1.82, 2.24) is 0 Å². The van der Waals surface area contributed by atoms with Gasteiger partial charge >= 0.3 is 0 Å². The third-order valence-corrected chi connectivity index (χ3v) is 5.44. The summed E-state index contributed by atoms with van der Waals surface area (Å²) in [5, 5.41) is 0. The monoisotopic (exact) mass is 364 g/mol. The predicted octanol–water partition coefficient (Wildman–Crippen LogP) is 3.99. The van der Waals surface area contributed by atoms with Crippen molar-refractivity contribution in [3.05, 3.63) is 57.0 Å². The van der Waals surface area contributed by atoms with Crippen LogP contribution in [-0.2, 0) is 9.59 Å². The average molecular weight is 364 g/mol. The maximum Gasteiger partial charge on any atom is 0.175 e. The van der Waals surface area contributed by atoms with Gasteiger partial charge in [0.2, 0.25) is 0 Å². The zero-order valence-corrected chi connectivity index (χ0v) is 18.7. The summed E-state index contributed by atoms with van der Waals surface area (Å²) in [6.07, 6.45) is 8.48. The van der Waals surface area contributed by atoms with Gasteiger partial charge in [-0.1, -0.05) is 51.5 Å². The first-order valence-corrected chi connectivity index (χ1v) is 9.81. The first-order valence-electron chi connectivity index (χ1n) is 9.81. The number of hydrogen-bond donors (Lipinski definition) is 0. The minimum Gasteiger partial charge on any atom is -0.294 e. The fraction of sp³-hybridized carbons (Fsp3) is 0.478. The molecule has 0 radical (unpaired) electrons. The van der Waals surface area contributed by atoms with E-state index < -0.39 is 5.41 Å². The summed E-state index contributed by atoms with van der Waals surface area (Å²) < 4.78 is 0. The van der Waals surface area contributed by atoms with Crippen molar-refractivity contribution in [2.45, 2.75) is 67.7 Å².